The minimum absolute atomic E-state index is 0.0913. The summed E-state index contributed by atoms with van der Waals surface area (Å²) < 4.78 is 53.6. The Morgan fingerprint density at radius 2 is 2.17 bits per heavy atom. The van der Waals surface area contributed by atoms with E-state index in [0.717, 1.165) is 0 Å². The van der Waals surface area contributed by atoms with Gasteiger partial charge in [0.05, 0.1) is 23.4 Å². The Hall–Kier alpha value is -0.220. The molecule has 0 spiro atoms. The lowest BCUT2D eigenvalue weighted by molar-refractivity contribution is 0.0314. The van der Waals surface area contributed by atoms with E-state index >= 15 is 0 Å². The van der Waals surface area contributed by atoms with Gasteiger partial charge in [-0.15, -0.1) is 0 Å². The third-order valence-corrected chi connectivity index (χ3v) is 7.12. The monoisotopic (exact) mass is 299 g/mol. The number of nitrogens with one attached hydrogen (secondary N) is 1. The average molecular weight is 299 g/mol. The van der Waals surface area contributed by atoms with Crippen molar-refractivity contribution in [1.29, 1.82) is 0 Å². The molecule has 7 nitrogen and oxygen atoms in total. The van der Waals surface area contributed by atoms with E-state index in [1.54, 1.807) is 0 Å². The second kappa shape index (κ2) is 4.71. The van der Waals surface area contributed by atoms with Crippen molar-refractivity contribution >= 4 is 19.9 Å². The number of sulfone groups is 1. The fourth-order valence-corrected chi connectivity index (χ4v) is 6.26. The highest BCUT2D eigenvalue weighted by Gasteiger charge is 2.39. The fourth-order valence-electron chi connectivity index (χ4n) is 2.09. The van der Waals surface area contributed by atoms with Crippen LogP contribution in [0.1, 0.15) is 12.8 Å². The third-order valence-electron chi connectivity index (χ3n) is 3.31. The molecular formula is C9H17NO6S2. The molecule has 9 heteroatoms. The second-order valence-electron chi connectivity index (χ2n) is 4.92. The van der Waals surface area contributed by atoms with Gasteiger partial charge < -0.3 is 9.84 Å². The van der Waals surface area contributed by atoms with E-state index in [-0.39, 0.29) is 31.1 Å². The zero-order valence-corrected chi connectivity index (χ0v) is 11.5. The molecule has 106 valence electrons. The van der Waals surface area contributed by atoms with Crippen LogP contribution in [0.4, 0.5) is 0 Å². The molecule has 0 aromatic heterocycles. The molecule has 0 radical (unpaired) electrons. The van der Waals surface area contributed by atoms with Crippen LogP contribution in [0.2, 0.25) is 0 Å². The van der Waals surface area contributed by atoms with E-state index in [4.69, 9.17) is 4.74 Å². The highest BCUT2D eigenvalue weighted by Crippen LogP contribution is 2.21. The highest BCUT2D eigenvalue weighted by atomic mass is 32.2. The van der Waals surface area contributed by atoms with Crippen LogP contribution in [0.15, 0.2) is 0 Å². The Kier molecular flexibility index (Phi) is 3.72. The zero-order chi connectivity index (χ0) is 13.4. The zero-order valence-electron chi connectivity index (χ0n) is 9.83. The predicted molar refractivity (Wildman–Crippen MR) is 64.4 cm³/mol. The summed E-state index contributed by atoms with van der Waals surface area (Å²) in [5.41, 5.74) is -1.18. The first kappa shape index (κ1) is 14.2. The first-order valence-electron chi connectivity index (χ1n) is 5.72. The number of sulfonamides is 1. The van der Waals surface area contributed by atoms with Crippen LogP contribution < -0.4 is 4.72 Å². The molecule has 2 heterocycles. The quantitative estimate of drug-likeness (QED) is 0.637. The minimum Gasteiger partial charge on any atom is -0.386 e. The lowest BCUT2D eigenvalue weighted by atomic mass is 10.1. The van der Waals surface area contributed by atoms with Gasteiger partial charge in [-0.2, -0.15) is 0 Å². The molecule has 0 aromatic rings. The van der Waals surface area contributed by atoms with Crippen molar-refractivity contribution in [3.63, 3.8) is 0 Å². The average Bonchev–Trinajstić information content (AvgIpc) is 2.83. The van der Waals surface area contributed by atoms with E-state index in [2.05, 4.69) is 4.72 Å². The maximum atomic E-state index is 11.9. The van der Waals surface area contributed by atoms with Crippen LogP contribution in [0.3, 0.4) is 0 Å². The number of rotatable bonds is 4. The van der Waals surface area contributed by atoms with Gasteiger partial charge in [-0.3, -0.25) is 0 Å². The Morgan fingerprint density at radius 1 is 1.44 bits per heavy atom. The van der Waals surface area contributed by atoms with Gasteiger partial charge in [-0.05, 0) is 6.42 Å². The van der Waals surface area contributed by atoms with Crippen LogP contribution in [0, 0.1) is 0 Å². The van der Waals surface area contributed by atoms with Gasteiger partial charge in [0.2, 0.25) is 10.0 Å². The topological polar surface area (TPSA) is 110 Å². The number of aliphatic hydroxyl groups is 1. The van der Waals surface area contributed by atoms with Gasteiger partial charge in [0.1, 0.15) is 5.60 Å². The lowest BCUT2D eigenvalue weighted by Crippen LogP contribution is -2.46. The Balaban J connectivity index is 1.96. The molecule has 2 unspecified atom stereocenters. The van der Waals surface area contributed by atoms with Crippen LogP contribution in [0.25, 0.3) is 0 Å². The maximum Gasteiger partial charge on any atom is 0.215 e. The number of ether oxygens (including phenoxy) is 1. The summed E-state index contributed by atoms with van der Waals surface area (Å²) in [4.78, 5) is 0. The number of hydrogen-bond acceptors (Lipinski definition) is 6. The van der Waals surface area contributed by atoms with Gasteiger partial charge in [0.25, 0.3) is 0 Å². The molecular weight excluding hydrogens is 282 g/mol. The van der Waals surface area contributed by atoms with Gasteiger partial charge in [-0.1, -0.05) is 0 Å². The molecule has 0 bridgehead atoms. The molecule has 2 saturated heterocycles. The molecule has 0 aromatic carbocycles. The summed E-state index contributed by atoms with van der Waals surface area (Å²) in [7, 11) is -6.94. The number of hydrogen-bond donors (Lipinski definition) is 2. The third kappa shape index (κ3) is 3.21. The van der Waals surface area contributed by atoms with Gasteiger partial charge in [0, 0.05) is 19.6 Å². The van der Waals surface area contributed by atoms with Gasteiger partial charge >= 0.3 is 0 Å². The van der Waals surface area contributed by atoms with Gasteiger partial charge in [-0.25, -0.2) is 21.6 Å². The fraction of sp³-hybridized carbons (Fsp3) is 1.00. The van der Waals surface area contributed by atoms with Crippen molar-refractivity contribution in [2.45, 2.75) is 23.7 Å². The van der Waals surface area contributed by atoms with Crippen molar-refractivity contribution < 1.29 is 26.7 Å². The van der Waals surface area contributed by atoms with Crippen molar-refractivity contribution in [1.82, 2.24) is 4.72 Å². The van der Waals surface area contributed by atoms with Crippen LogP contribution in [-0.4, -0.2) is 64.1 Å². The Morgan fingerprint density at radius 3 is 2.67 bits per heavy atom. The summed E-state index contributed by atoms with van der Waals surface area (Å²) in [5, 5.41) is 9.02. The predicted octanol–water partition coefficient (Wildman–Crippen LogP) is -1.76. The van der Waals surface area contributed by atoms with Crippen molar-refractivity contribution in [2.75, 3.05) is 31.3 Å². The second-order valence-corrected chi connectivity index (χ2v) is 9.19. The molecule has 2 atom stereocenters. The first-order valence-corrected chi connectivity index (χ1v) is 9.08. The Labute approximate surface area is 106 Å². The smallest absolute Gasteiger partial charge is 0.215 e. The summed E-state index contributed by atoms with van der Waals surface area (Å²) in [6.45, 7) is 0.362. The largest absolute Gasteiger partial charge is 0.386 e. The van der Waals surface area contributed by atoms with Crippen LogP contribution >= 0.6 is 0 Å². The first-order chi connectivity index (χ1) is 8.23. The SMILES string of the molecule is O=S1(=O)CCC(S(=O)(=O)NCC2(O)CCOC2)C1. The molecule has 2 N–H and O–H groups in total. The summed E-state index contributed by atoms with van der Waals surface area (Å²) in [5.74, 6) is -0.427. The molecule has 2 fully saturated rings. The van der Waals surface area contributed by atoms with Gasteiger partial charge in [0.15, 0.2) is 9.84 Å². The van der Waals surface area contributed by atoms with E-state index in [1.807, 2.05) is 0 Å². The maximum absolute atomic E-state index is 11.9. The van der Waals surface area contributed by atoms with Crippen LogP contribution in [-0.2, 0) is 24.6 Å². The normalized spacial score (nSPS) is 35.9. The molecule has 0 amide bonds. The molecule has 18 heavy (non-hydrogen) atoms. The van der Waals surface area contributed by atoms with E-state index < -0.39 is 30.7 Å². The molecule has 0 aliphatic carbocycles. The minimum atomic E-state index is -3.70. The van der Waals surface area contributed by atoms with Crippen molar-refractivity contribution in [3.8, 4) is 0 Å². The lowest BCUT2D eigenvalue weighted by Gasteiger charge is -2.21. The summed E-state index contributed by atoms with van der Waals surface area (Å²) in [6, 6.07) is 0. The highest BCUT2D eigenvalue weighted by molar-refractivity contribution is 7.95. The van der Waals surface area contributed by atoms with E-state index in [9.17, 15) is 21.9 Å². The molecule has 2 aliphatic rings. The standard InChI is InChI=1S/C9H17NO6S2/c11-9(2-3-16-7-9)6-10-18(14,15)8-1-4-17(12,13)5-8/h8,10-11H,1-7H2. The molecule has 0 saturated carbocycles. The van der Waals surface area contributed by atoms with Crippen molar-refractivity contribution in [2.24, 2.45) is 0 Å². The summed E-state index contributed by atoms with van der Waals surface area (Å²) >= 11 is 0. The van der Waals surface area contributed by atoms with Crippen molar-refractivity contribution in [3.05, 3.63) is 0 Å². The van der Waals surface area contributed by atoms with E-state index in [1.165, 1.54) is 0 Å². The summed E-state index contributed by atoms with van der Waals surface area (Å²) in [6.07, 6.45) is 0.491. The van der Waals surface area contributed by atoms with E-state index in [0.29, 0.717) is 13.0 Å². The molecule has 2 aliphatic heterocycles. The van der Waals surface area contributed by atoms with Crippen LogP contribution in [0.5, 0.6) is 0 Å². The molecule has 2 rings (SSSR count). The Bertz CT molecular complexity index is 505.